The van der Waals surface area contributed by atoms with Crippen molar-refractivity contribution in [3.8, 4) is 11.1 Å². The molecule has 2 N–H and O–H groups in total. The van der Waals surface area contributed by atoms with Crippen LogP contribution >= 0.6 is 0 Å². The van der Waals surface area contributed by atoms with E-state index in [9.17, 15) is 4.79 Å². The van der Waals surface area contributed by atoms with Gasteiger partial charge in [-0.3, -0.25) is 4.79 Å². The Labute approximate surface area is 257 Å². The molecular weight excluding hydrogens is 542 g/mol. The normalized spacial score (nSPS) is 16.0. The Bertz CT molecular complexity index is 1910. The van der Waals surface area contributed by atoms with Crippen LogP contribution in [0.3, 0.4) is 0 Å². The lowest BCUT2D eigenvalue weighted by molar-refractivity contribution is 0.102. The van der Waals surface area contributed by atoms with E-state index in [4.69, 9.17) is 10.1 Å². The summed E-state index contributed by atoms with van der Waals surface area (Å²) in [5.74, 6) is 1.60. The molecule has 44 heavy (non-hydrogen) atoms. The fourth-order valence-corrected chi connectivity index (χ4v) is 5.92. The van der Waals surface area contributed by atoms with Crippen LogP contribution in [-0.2, 0) is 6.54 Å². The molecule has 0 aliphatic heterocycles. The number of hydrogen-bond acceptors (Lipinski definition) is 4. The maximum absolute atomic E-state index is 13.4. The molecule has 218 valence electrons. The Kier molecular flexibility index (Phi) is 7.63. The standard InChI is InChI=1S/C38H35N5O/c1-2-27-13-5-4-8-18-32(27)35-23-36(43-37(42-35)34(25-40-43)29-20-21-29)39-24-26-12-11-16-30(22-26)41-38(44)33-19-10-9-17-31(33)28-14-6-3-7-15-28/h3-19,22-23,25,27,29,39H,2,20-21,24H2,1H3,(H,41,44). The minimum Gasteiger partial charge on any atom is -0.366 e. The highest BCUT2D eigenvalue weighted by Gasteiger charge is 2.29. The predicted octanol–water partition coefficient (Wildman–Crippen LogP) is 8.67. The van der Waals surface area contributed by atoms with Crippen molar-refractivity contribution >= 4 is 28.6 Å². The molecule has 2 aliphatic carbocycles. The van der Waals surface area contributed by atoms with Crippen molar-refractivity contribution in [2.24, 2.45) is 5.92 Å². The van der Waals surface area contributed by atoms with E-state index in [2.05, 4.69) is 60.1 Å². The van der Waals surface area contributed by atoms with Crippen molar-refractivity contribution in [3.05, 3.63) is 144 Å². The Morgan fingerprint density at radius 2 is 1.77 bits per heavy atom. The Morgan fingerprint density at radius 1 is 0.932 bits per heavy atom. The van der Waals surface area contributed by atoms with Gasteiger partial charge in [-0.15, -0.1) is 0 Å². The van der Waals surface area contributed by atoms with Crippen molar-refractivity contribution < 1.29 is 4.79 Å². The average molecular weight is 578 g/mol. The Balaban J connectivity index is 1.14. The number of anilines is 2. The molecule has 7 rings (SSSR count). The van der Waals surface area contributed by atoms with E-state index < -0.39 is 0 Å². The quantitative estimate of drug-likeness (QED) is 0.184. The minimum atomic E-state index is -0.135. The molecular formula is C38H35N5O. The minimum absolute atomic E-state index is 0.135. The number of amides is 1. The summed E-state index contributed by atoms with van der Waals surface area (Å²) in [6.45, 7) is 2.78. The Hall–Kier alpha value is -5.23. The molecule has 3 aromatic carbocycles. The van der Waals surface area contributed by atoms with Crippen LogP contribution in [0.2, 0.25) is 0 Å². The second-order valence-electron chi connectivity index (χ2n) is 11.5. The molecule has 0 spiro atoms. The van der Waals surface area contributed by atoms with E-state index in [0.29, 0.717) is 23.9 Å². The molecule has 2 aromatic heterocycles. The molecule has 1 fully saturated rings. The number of benzene rings is 3. The largest absolute Gasteiger partial charge is 0.366 e. The van der Waals surface area contributed by atoms with Crippen molar-refractivity contribution in [1.82, 2.24) is 14.6 Å². The average Bonchev–Trinajstić information content (AvgIpc) is 3.86. The van der Waals surface area contributed by atoms with Gasteiger partial charge < -0.3 is 10.6 Å². The lowest BCUT2D eigenvalue weighted by Crippen LogP contribution is -2.13. The van der Waals surface area contributed by atoms with E-state index in [-0.39, 0.29) is 5.91 Å². The highest BCUT2D eigenvalue weighted by Crippen LogP contribution is 2.42. The van der Waals surface area contributed by atoms with Crippen LogP contribution in [0, 0.1) is 5.92 Å². The van der Waals surface area contributed by atoms with Gasteiger partial charge in [0.15, 0.2) is 5.65 Å². The molecule has 1 atom stereocenters. The highest BCUT2D eigenvalue weighted by atomic mass is 16.1. The third-order valence-electron chi connectivity index (χ3n) is 8.41. The number of carbonyl (C=O) groups excluding carboxylic acids is 1. The van der Waals surface area contributed by atoms with Crippen LogP contribution in [-0.4, -0.2) is 20.5 Å². The molecule has 0 bridgehead atoms. The summed E-state index contributed by atoms with van der Waals surface area (Å²) in [5, 5.41) is 11.5. The first-order valence-corrected chi connectivity index (χ1v) is 15.4. The number of fused-ring (bicyclic) bond motifs is 1. The van der Waals surface area contributed by atoms with E-state index in [1.807, 2.05) is 83.5 Å². The fraction of sp³-hybridized carbons (Fsp3) is 0.184. The smallest absolute Gasteiger partial charge is 0.256 e. The highest BCUT2D eigenvalue weighted by molar-refractivity contribution is 6.08. The van der Waals surface area contributed by atoms with Gasteiger partial charge in [0.2, 0.25) is 0 Å². The van der Waals surface area contributed by atoms with Crippen LogP contribution < -0.4 is 10.6 Å². The summed E-state index contributed by atoms with van der Waals surface area (Å²) in [7, 11) is 0. The molecule has 0 saturated heterocycles. The van der Waals surface area contributed by atoms with E-state index in [1.165, 1.54) is 24.0 Å². The van der Waals surface area contributed by atoms with Crippen LogP contribution in [0.25, 0.3) is 22.3 Å². The van der Waals surface area contributed by atoms with Crippen molar-refractivity contribution in [2.75, 3.05) is 10.6 Å². The lowest BCUT2D eigenvalue weighted by Gasteiger charge is -2.17. The molecule has 2 heterocycles. The molecule has 0 radical (unpaired) electrons. The van der Waals surface area contributed by atoms with Crippen molar-refractivity contribution in [3.63, 3.8) is 0 Å². The zero-order chi connectivity index (χ0) is 29.9. The third-order valence-corrected chi connectivity index (χ3v) is 8.41. The maximum Gasteiger partial charge on any atom is 0.256 e. The third kappa shape index (κ3) is 5.71. The molecule has 2 aliphatic rings. The summed E-state index contributed by atoms with van der Waals surface area (Å²) in [6.07, 6.45) is 16.1. The van der Waals surface area contributed by atoms with Crippen molar-refractivity contribution in [2.45, 2.75) is 38.6 Å². The number of allylic oxidation sites excluding steroid dienone is 6. The van der Waals surface area contributed by atoms with Gasteiger partial charge in [0.05, 0.1) is 11.9 Å². The fourth-order valence-electron chi connectivity index (χ4n) is 5.92. The van der Waals surface area contributed by atoms with Crippen molar-refractivity contribution in [1.29, 1.82) is 0 Å². The van der Waals surface area contributed by atoms with Gasteiger partial charge in [0.25, 0.3) is 5.91 Å². The van der Waals surface area contributed by atoms with Gasteiger partial charge >= 0.3 is 0 Å². The number of hydrogen-bond donors (Lipinski definition) is 2. The van der Waals surface area contributed by atoms with Gasteiger partial charge in [-0.1, -0.05) is 98.0 Å². The van der Waals surface area contributed by atoms with Gasteiger partial charge in [0.1, 0.15) is 5.82 Å². The molecule has 6 heteroatoms. The van der Waals surface area contributed by atoms with Crippen LogP contribution in [0.1, 0.15) is 59.3 Å². The summed E-state index contributed by atoms with van der Waals surface area (Å²) in [5.41, 5.74) is 8.71. The summed E-state index contributed by atoms with van der Waals surface area (Å²) in [6, 6.07) is 27.8. The number of nitrogens with one attached hydrogen (secondary N) is 2. The first kappa shape index (κ1) is 27.6. The maximum atomic E-state index is 13.4. The van der Waals surface area contributed by atoms with E-state index >= 15 is 0 Å². The first-order valence-electron chi connectivity index (χ1n) is 15.4. The van der Waals surface area contributed by atoms with Gasteiger partial charge in [-0.05, 0) is 65.6 Å². The Morgan fingerprint density at radius 3 is 2.61 bits per heavy atom. The molecule has 1 amide bonds. The van der Waals surface area contributed by atoms with Gasteiger partial charge in [-0.2, -0.15) is 9.61 Å². The predicted molar refractivity (Wildman–Crippen MR) is 179 cm³/mol. The molecule has 6 nitrogen and oxygen atoms in total. The SMILES string of the molecule is CCC1C=CC=CC=C1c1cc(NCc2cccc(NC(=O)c3ccccc3-c3ccccc3)c2)n2ncc(C3CC3)c2n1. The molecule has 1 saturated carbocycles. The zero-order valence-corrected chi connectivity index (χ0v) is 24.8. The second-order valence-corrected chi connectivity index (χ2v) is 11.5. The van der Waals surface area contributed by atoms with E-state index in [0.717, 1.165) is 46.0 Å². The summed E-state index contributed by atoms with van der Waals surface area (Å²) >= 11 is 0. The molecule has 1 unspecified atom stereocenters. The topological polar surface area (TPSA) is 71.3 Å². The summed E-state index contributed by atoms with van der Waals surface area (Å²) < 4.78 is 1.94. The summed E-state index contributed by atoms with van der Waals surface area (Å²) in [4.78, 5) is 18.6. The van der Waals surface area contributed by atoms with Crippen LogP contribution in [0.5, 0.6) is 0 Å². The molecule has 5 aromatic rings. The van der Waals surface area contributed by atoms with Gasteiger partial charge in [-0.25, -0.2) is 4.98 Å². The zero-order valence-electron chi connectivity index (χ0n) is 24.8. The number of aromatic nitrogens is 3. The monoisotopic (exact) mass is 577 g/mol. The second kappa shape index (κ2) is 12.2. The van der Waals surface area contributed by atoms with Crippen LogP contribution in [0.4, 0.5) is 11.5 Å². The number of rotatable bonds is 9. The first-order chi connectivity index (χ1) is 21.7. The van der Waals surface area contributed by atoms with E-state index in [1.54, 1.807) is 0 Å². The lowest BCUT2D eigenvalue weighted by atomic mass is 9.93. The van der Waals surface area contributed by atoms with Crippen LogP contribution in [0.15, 0.2) is 122 Å². The van der Waals surface area contributed by atoms with Gasteiger partial charge in [0, 0.05) is 35.3 Å². The number of nitrogens with zero attached hydrogens (tertiary/aromatic N) is 3. The number of carbonyl (C=O) groups is 1.